The topological polar surface area (TPSA) is 58.1 Å². The molecule has 1 aromatic heterocycles. The molecule has 0 spiro atoms. The van der Waals surface area contributed by atoms with Crippen LogP contribution in [0, 0.1) is 0 Å². The Morgan fingerprint density at radius 2 is 2.06 bits per heavy atom. The van der Waals surface area contributed by atoms with E-state index in [2.05, 4.69) is 29.4 Å². The molecule has 102 valence electrons. The summed E-state index contributed by atoms with van der Waals surface area (Å²) in [7, 11) is 1.82. The molecule has 0 atom stereocenters. The van der Waals surface area contributed by atoms with Crippen molar-refractivity contribution < 1.29 is 4.79 Å². The summed E-state index contributed by atoms with van der Waals surface area (Å²) in [6.45, 7) is 5.87. The van der Waals surface area contributed by atoms with Gasteiger partial charge in [-0.15, -0.1) is 10.2 Å². The van der Waals surface area contributed by atoms with Crippen LogP contribution in [-0.4, -0.2) is 41.1 Å². The summed E-state index contributed by atoms with van der Waals surface area (Å²) in [6, 6.07) is 0. The molecule has 5 nitrogen and oxygen atoms in total. The van der Waals surface area contributed by atoms with Crippen LogP contribution in [0.5, 0.6) is 0 Å². The lowest BCUT2D eigenvalue weighted by Gasteiger charge is -2.14. The van der Waals surface area contributed by atoms with Crippen LogP contribution in [0.25, 0.3) is 0 Å². The summed E-state index contributed by atoms with van der Waals surface area (Å²) < 4.78 is 0. The normalized spacial score (nSPS) is 10.4. The molecule has 0 bridgehead atoms. The number of hydrogen-bond acceptors (Lipinski definition) is 5. The van der Waals surface area contributed by atoms with Gasteiger partial charge in [-0.05, 0) is 12.8 Å². The molecule has 1 N–H and O–H groups in total. The van der Waals surface area contributed by atoms with Gasteiger partial charge in [-0.3, -0.25) is 4.79 Å². The third kappa shape index (κ3) is 4.60. The Hall–Kier alpha value is -1.17. The lowest BCUT2D eigenvalue weighted by molar-refractivity contribution is 0.0791. The number of amides is 1. The fourth-order valence-corrected chi connectivity index (χ4v) is 2.24. The molecule has 0 unspecified atom stereocenters. The average molecular weight is 270 g/mol. The van der Waals surface area contributed by atoms with E-state index in [1.54, 1.807) is 4.90 Å². The van der Waals surface area contributed by atoms with Crippen molar-refractivity contribution in [2.24, 2.45) is 0 Å². The van der Waals surface area contributed by atoms with Crippen molar-refractivity contribution in [2.75, 3.05) is 25.5 Å². The van der Waals surface area contributed by atoms with Gasteiger partial charge in [-0.2, -0.15) is 0 Å². The molecule has 0 saturated heterocycles. The zero-order valence-electron chi connectivity index (χ0n) is 11.4. The molecule has 1 aromatic rings. The predicted octanol–water partition coefficient (Wildman–Crippen LogP) is 2.62. The van der Waals surface area contributed by atoms with Crippen LogP contribution in [0.3, 0.4) is 0 Å². The highest BCUT2D eigenvalue weighted by Gasteiger charge is 2.16. The number of hydrogen-bond donors (Lipinski definition) is 1. The van der Waals surface area contributed by atoms with Crippen LogP contribution in [0.4, 0.5) is 5.13 Å². The van der Waals surface area contributed by atoms with E-state index < -0.39 is 0 Å². The third-order valence-electron chi connectivity index (χ3n) is 2.58. The molecular formula is C12H22N4OS. The lowest BCUT2D eigenvalue weighted by atomic mass is 10.2. The van der Waals surface area contributed by atoms with Gasteiger partial charge in [0.25, 0.3) is 5.91 Å². The monoisotopic (exact) mass is 270 g/mol. The molecule has 0 fully saturated rings. The van der Waals surface area contributed by atoms with E-state index in [1.165, 1.54) is 11.3 Å². The molecule has 0 aliphatic heterocycles. The number of nitrogens with one attached hydrogen (secondary N) is 1. The van der Waals surface area contributed by atoms with E-state index in [-0.39, 0.29) is 5.91 Å². The highest BCUT2D eigenvalue weighted by atomic mass is 32.1. The van der Waals surface area contributed by atoms with Gasteiger partial charge in [-0.1, -0.05) is 38.0 Å². The summed E-state index contributed by atoms with van der Waals surface area (Å²) in [5.41, 5.74) is 0. The molecule has 1 heterocycles. The van der Waals surface area contributed by atoms with E-state index in [0.29, 0.717) is 5.01 Å². The second kappa shape index (κ2) is 8.02. The molecule has 0 aliphatic rings. The van der Waals surface area contributed by atoms with E-state index in [0.717, 1.165) is 43.9 Å². The number of rotatable bonds is 8. The summed E-state index contributed by atoms with van der Waals surface area (Å²) in [5.74, 6) is -0.0341. The Kier molecular flexibility index (Phi) is 6.64. The maximum atomic E-state index is 12.0. The van der Waals surface area contributed by atoms with E-state index >= 15 is 0 Å². The molecule has 0 radical (unpaired) electrons. The first-order valence-corrected chi connectivity index (χ1v) is 7.33. The van der Waals surface area contributed by atoms with Crippen LogP contribution < -0.4 is 5.32 Å². The van der Waals surface area contributed by atoms with Crippen molar-refractivity contribution in [3.05, 3.63) is 5.01 Å². The molecule has 6 heteroatoms. The minimum atomic E-state index is -0.0341. The van der Waals surface area contributed by atoms with Gasteiger partial charge in [0.2, 0.25) is 10.1 Å². The molecule has 0 saturated carbocycles. The minimum absolute atomic E-state index is 0.0341. The SMILES string of the molecule is CCCCCN(C)C(=O)c1nnc(NCCC)s1. The smallest absolute Gasteiger partial charge is 0.284 e. The van der Waals surface area contributed by atoms with Crippen LogP contribution in [0.15, 0.2) is 0 Å². The maximum absolute atomic E-state index is 12.0. The van der Waals surface area contributed by atoms with Crippen molar-refractivity contribution >= 4 is 22.4 Å². The molecule has 0 aliphatic carbocycles. The standard InChI is InChI=1S/C12H22N4OS/c1-4-6-7-9-16(3)11(17)10-14-15-12(18-10)13-8-5-2/h4-9H2,1-3H3,(H,13,15). The Morgan fingerprint density at radius 1 is 1.28 bits per heavy atom. The van der Waals surface area contributed by atoms with Crippen molar-refractivity contribution in [1.29, 1.82) is 0 Å². The van der Waals surface area contributed by atoms with Gasteiger partial charge in [-0.25, -0.2) is 0 Å². The molecule has 1 amide bonds. The maximum Gasteiger partial charge on any atom is 0.284 e. The number of anilines is 1. The Balaban J connectivity index is 2.47. The number of nitrogens with zero attached hydrogens (tertiary/aromatic N) is 3. The predicted molar refractivity (Wildman–Crippen MR) is 75.2 cm³/mol. The van der Waals surface area contributed by atoms with E-state index in [4.69, 9.17) is 0 Å². The van der Waals surface area contributed by atoms with Crippen molar-refractivity contribution in [2.45, 2.75) is 39.5 Å². The first-order chi connectivity index (χ1) is 8.69. The zero-order chi connectivity index (χ0) is 13.4. The van der Waals surface area contributed by atoms with Crippen molar-refractivity contribution in [1.82, 2.24) is 15.1 Å². The first kappa shape index (κ1) is 14.9. The van der Waals surface area contributed by atoms with Crippen LogP contribution in [0.1, 0.15) is 49.3 Å². The number of aromatic nitrogens is 2. The highest BCUT2D eigenvalue weighted by molar-refractivity contribution is 7.17. The second-order valence-corrected chi connectivity index (χ2v) is 5.25. The van der Waals surface area contributed by atoms with Gasteiger partial charge in [0.1, 0.15) is 0 Å². The van der Waals surface area contributed by atoms with Crippen LogP contribution in [0.2, 0.25) is 0 Å². The summed E-state index contributed by atoms with van der Waals surface area (Å²) >= 11 is 1.32. The van der Waals surface area contributed by atoms with Crippen LogP contribution in [-0.2, 0) is 0 Å². The number of unbranched alkanes of at least 4 members (excludes halogenated alkanes) is 2. The van der Waals surface area contributed by atoms with Crippen LogP contribution >= 0.6 is 11.3 Å². The summed E-state index contributed by atoms with van der Waals surface area (Å²) in [4.78, 5) is 13.8. The van der Waals surface area contributed by atoms with Gasteiger partial charge in [0, 0.05) is 20.1 Å². The van der Waals surface area contributed by atoms with Gasteiger partial charge < -0.3 is 10.2 Å². The zero-order valence-corrected chi connectivity index (χ0v) is 12.2. The van der Waals surface area contributed by atoms with Gasteiger partial charge in [0.05, 0.1) is 0 Å². The fourth-order valence-electron chi connectivity index (χ4n) is 1.48. The molecular weight excluding hydrogens is 248 g/mol. The summed E-state index contributed by atoms with van der Waals surface area (Å²) in [6.07, 6.45) is 4.38. The van der Waals surface area contributed by atoms with Crippen molar-refractivity contribution in [3.63, 3.8) is 0 Å². The average Bonchev–Trinajstić information content (AvgIpc) is 2.84. The first-order valence-electron chi connectivity index (χ1n) is 6.51. The molecule has 18 heavy (non-hydrogen) atoms. The Morgan fingerprint density at radius 3 is 2.72 bits per heavy atom. The fraction of sp³-hybridized carbons (Fsp3) is 0.750. The van der Waals surface area contributed by atoms with E-state index in [9.17, 15) is 4.79 Å². The second-order valence-electron chi connectivity index (χ2n) is 4.27. The van der Waals surface area contributed by atoms with E-state index in [1.807, 2.05) is 7.05 Å². The largest absolute Gasteiger partial charge is 0.360 e. The third-order valence-corrected chi connectivity index (χ3v) is 3.45. The van der Waals surface area contributed by atoms with Gasteiger partial charge >= 0.3 is 0 Å². The quantitative estimate of drug-likeness (QED) is 0.738. The Bertz CT molecular complexity index is 367. The Labute approximate surface area is 113 Å². The van der Waals surface area contributed by atoms with Crippen molar-refractivity contribution in [3.8, 4) is 0 Å². The molecule has 0 aromatic carbocycles. The lowest BCUT2D eigenvalue weighted by Crippen LogP contribution is -2.27. The summed E-state index contributed by atoms with van der Waals surface area (Å²) in [5, 5.41) is 12.2. The minimum Gasteiger partial charge on any atom is -0.360 e. The molecule has 1 rings (SSSR count). The highest BCUT2D eigenvalue weighted by Crippen LogP contribution is 2.16. The van der Waals surface area contributed by atoms with Gasteiger partial charge in [0.15, 0.2) is 0 Å². The number of carbonyl (C=O) groups is 1. The number of carbonyl (C=O) groups excluding carboxylic acids is 1.